The summed E-state index contributed by atoms with van der Waals surface area (Å²) in [5, 5.41) is 4.02. The van der Waals surface area contributed by atoms with Gasteiger partial charge in [0.2, 0.25) is 5.91 Å². The van der Waals surface area contributed by atoms with E-state index < -0.39 is 0 Å². The maximum absolute atomic E-state index is 10.9. The molecule has 0 aromatic heterocycles. The number of hydrogen-bond donors (Lipinski definition) is 2. The molecule has 2 rings (SSSR count). The zero-order valence-corrected chi connectivity index (χ0v) is 8.36. The van der Waals surface area contributed by atoms with Gasteiger partial charge < -0.3 is 5.73 Å². The van der Waals surface area contributed by atoms with Gasteiger partial charge in [0, 0.05) is 19.4 Å². The molecule has 3 N–H and O–H groups in total. The van der Waals surface area contributed by atoms with E-state index in [1.807, 2.05) is 24.3 Å². The van der Waals surface area contributed by atoms with E-state index in [-0.39, 0.29) is 5.91 Å². The standard InChI is InChI=1S/C11H13N3O/c12-7-8-1-3-9(4-2-8)10-5-6-11(15)14-13-10/h1-4H,5-7,12H2,(H,14,15). The zero-order chi connectivity index (χ0) is 10.7. The first-order valence-electron chi connectivity index (χ1n) is 4.94. The molecule has 0 atom stereocenters. The number of rotatable bonds is 2. The van der Waals surface area contributed by atoms with Gasteiger partial charge in [-0.2, -0.15) is 5.10 Å². The highest BCUT2D eigenvalue weighted by molar-refractivity contribution is 6.04. The molecule has 0 radical (unpaired) electrons. The normalized spacial score (nSPS) is 15.8. The number of nitrogens with one attached hydrogen (secondary N) is 1. The summed E-state index contributed by atoms with van der Waals surface area (Å²) in [4.78, 5) is 10.9. The number of nitrogens with two attached hydrogens (primary N) is 1. The van der Waals surface area contributed by atoms with Crippen molar-refractivity contribution in [2.24, 2.45) is 10.8 Å². The number of hydrazone groups is 1. The van der Waals surface area contributed by atoms with Crippen LogP contribution in [0.1, 0.15) is 24.0 Å². The van der Waals surface area contributed by atoms with Crippen molar-refractivity contribution in [3.63, 3.8) is 0 Å². The van der Waals surface area contributed by atoms with Crippen molar-refractivity contribution in [2.45, 2.75) is 19.4 Å². The summed E-state index contributed by atoms with van der Waals surface area (Å²) in [6, 6.07) is 7.93. The van der Waals surface area contributed by atoms with Crippen molar-refractivity contribution in [2.75, 3.05) is 0 Å². The summed E-state index contributed by atoms with van der Waals surface area (Å²) >= 11 is 0. The van der Waals surface area contributed by atoms with Crippen molar-refractivity contribution in [3.05, 3.63) is 35.4 Å². The van der Waals surface area contributed by atoms with E-state index in [4.69, 9.17) is 5.73 Å². The summed E-state index contributed by atoms with van der Waals surface area (Å²) in [6.07, 6.45) is 1.21. The molecule has 0 spiro atoms. The van der Waals surface area contributed by atoms with Crippen LogP contribution in [0.4, 0.5) is 0 Å². The van der Waals surface area contributed by atoms with Crippen molar-refractivity contribution >= 4 is 11.6 Å². The minimum absolute atomic E-state index is 0.0164. The Morgan fingerprint density at radius 3 is 2.53 bits per heavy atom. The largest absolute Gasteiger partial charge is 0.326 e. The number of amides is 1. The Kier molecular flexibility index (Phi) is 2.78. The molecule has 78 valence electrons. The molecule has 4 heteroatoms. The lowest BCUT2D eigenvalue weighted by atomic mass is 10.0. The first-order valence-corrected chi connectivity index (χ1v) is 4.94. The molecular weight excluding hydrogens is 190 g/mol. The van der Waals surface area contributed by atoms with E-state index in [1.165, 1.54) is 0 Å². The molecule has 0 saturated carbocycles. The number of benzene rings is 1. The van der Waals surface area contributed by atoms with Crippen LogP contribution in [0.2, 0.25) is 0 Å². The van der Waals surface area contributed by atoms with Gasteiger partial charge in [-0.05, 0) is 11.1 Å². The molecule has 1 aromatic carbocycles. The van der Waals surface area contributed by atoms with Crippen LogP contribution in [0, 0.1) is 0 Å². The number of carbonyl (C=O) groups excluding carboxylic acids is 1. The Hall–Kier alpha value is -1.68. The van der Waals surface area contributed by atoms with Crippen LogP contribution in [-0.4, -0.2) is 11.6 Å². The number of hydrogen-bond acceptors (Lipinski definition) is 3. The van der Waals surface area contributed by atoms with E-state index in [1.54, 1.807) is 0 Å². The van der Waals surface area contributed by atoms with Crippen LogP contribution >= 0.6 is 0 Å². The van der Waals surface area contributed by atoms with E-state index in [2.05, 4.69) is 10.5 Å². The average molecular weight is 203 g/mol. The van der Waals surface area contributed by atoms with E-state index in [0.29, 0.717) is 19.4 Å². The second-order valence-electron chi connectivity index (χ2n) is 3.49. The van der Waals surface area contributed by atoms with Crippen LogP contribution in [0.3, 0.4) is 0 Å². The van der Waals surface area contributed by atoms with Gasteiger partial charge in [-0.1, -0.05) is 24.3 Å². The third kappa shape index (κ3) is 2.22. The maximum Gasteiger partial charge on any atom is 0.240 e. The molecule has 1 amide bonds. The van der Waals surface area contributed by atoms with E-state index >= 15 is 0 Å². The van der Waals surface area contributed by atoms with Gasteiger partial charge in [-0.15, -0.1) is 0 Å². The van der Waals surface area contributed by atoms with Crippen LogP contribution in [0.25, 0.3) is 0 Å². The van der Waals surface area contributed by atoms with Crippen LogP contribution in [0.5, 0.6) is 0 Å². The fourth-order valence-corrected chi connectivity index (χ4v) is 1.52. The molecule has 1 aliphatic rings. The predicted molar refractivity (Wildman–Crippen MR) is 58.2 cm³/mol. The Morgan fingerprint density at radius 2 is 2.00 bits per heavy atom. The third-order valence-corrected chi connectivity index (χ3v) is 2.43. The van der Waals surface area contributed by atoms with Gasteiger partial charge >= 0.3 is 0 Å². The Bertz CT molecular complexity index is 395. The zero-order valence-electron chi connectivity index (χ0n) is 8.36. The SMILES string of the molecule is NCc1ccc(C2=NNC(=O)CC2)cc1. The molecule has 0 aliphatic carbocycles. The van der Waals surface area contributed by atoms with Gasteiger partial charge in [0.15, 0.2) is 0 Å². The topological polar surface area (TPSA) is 67.5 Å². The van der Waals surface area contributed by atoms with Gasteiger partial charge in [0.1, 0.15) is 0 Å². The van der Waals surface area contributed by atoms with Crippen molar-refractivity contribution in [1.29, 1.82) is 0 Å². The molecule has 0 bridgehead atoms. The van der Waals surface area contributed by atoms with Crippen LogP contribution in [-0.2, 0) is 11.3 Å². The van der Waals surface area contributed by atoms with Gasteiger partial charge in [-0.3, -0.25) is 4.79 Å². The molecule has 1 aromatic rings. The summed E-state index contributed by atoms with van der Waals surface area (Å²) < 4.78 is 0. The molecule has 0 saturated heterocycles. The first-order chi connectivity index (χ1) is 7.29. The van der Waals surface area contributed by atoms with Crippen LogP contribution < -0.4 is 11.2 Å². The minimum atomic E-state index is -0.0164. The predicted octanol–water partition coefficient (Wildman–Crippen LogP) is 0.759. The molecular formula is C11H13N3O. The number of nitrogens with zero attached hydrogens (tertiary/aromatic N) is 1. The quantitative estimate of drug-likeness (QED) is 0.745. The molecule has 15 heavy (non-hydrogen) atoms. The monoisotopic (exact) mass is 203 g/mol. The van der Waals surface area contributed by atoms with Gasteiger partial charge in [0.05, 0.1) is 5.71 Å². The third-order valence-electron chi connectivity index (χ3n) is 2.43. The van der Waals surface area contributed by atoms with E-state index in [9.17, 15) is 4.79 Å². The lowest BCUT2D eigenvalue weighted by Crippen LogP contribution is -2.25. The summed E-state index contributed by atoms with van der Waals surface area (Å²) in [5.41, 5.74) is 11.1. The second-order valence-corrected chi connectivity index (χ2v) is 3.49. The molecule has 1 aliphatic heterocycles. The van der Waals surface area contributed by atoms with Gasteiger partial charge in [0.25, 0.3) is 0 Å². The smallest absolute Gasteiger partial charge is 0.240 e. The van der Waals surface area contributed by atoms with Crippen molar-refractivity contribution < 1.29 is 4.79 Å². The fraction of sp³-hybridized carbons (Fsp3) is 0.273. The van der Waals surface area contributed by atoms with Crippen molar-refractivity contribution in [1.82, 2.24) is 5.43 Å². The van der Waals surface area contributed by atoms with E-state index in [0.717, 1.165) is 16.8 Å². The van der Waals surface area contributed by atoms with Crippen LogP contribution in [0.15, 0.2) is 29.4 Å². The Labute approximate surface area is 88.2 Å². The summed E-state index contributed by atoms with van der Waals surface area (Å²) in [5.74, 6) is -0.0164. The highest BCUT2D eigenvalue weighted by Gasteiger charge is 2.12. The second kappa shape index (κ2) is 4.23. The van der Waals surface area contributed by atoms with Crippen molar-refractivity contribution in [3.8, 4) is 0 Å². The highest BCUT2D eigenvalue weighted by Crippen LogP contribution is 2.11. The molecule has 0 unspecified atom stereocenters. The van der Waals surface area contributed by atoms with Gasteiger partial charge in [-0.25, -0.2) is 5.43 Å². The Morgan fingerprint density at radius 1 is 1.27 bits per heavy atom. The Balaban J connectivity index is 2.19. The highest BCUT2D eigenvalue weighted by atomic mass is 16.2. The fourth-order valence-electron chi connectivity index (χ4n) is 1.52. The average Bonchev–Trinajstić information content (AvgIpc) is 2.30. The lowest BCUT2D eigenvalue weighted by Gasteiger charge is -2.12. The minimum Gasteiger partial charge on any atom is -0.326 e. The molecule has 1 heterocycles. The first kappa shape index (κ1) is 9.86. The number of carbonyl (C=O) groups is 1. The molecule has 0 fully saturated rings. The lowest BCUT2D eigenvalue weighted by molar-refractivity contribution is -0.121. The molecule has 4 nitrogen and oxygen atoms in total. The summed E-state index contributed by atoms with van der Waals surface area (Å²) in [7, 11) is 0. The summed E-state index contributed by atoms with van der Waals surface area (Å²) in [6.45, 7) is 0.545. The maximum atomic E-state index is 10.9.